The molecule has 0 N–H and O–H groups in total. The van der Waals surface area contributed by atoms with Crippen molar-refractivity contribution in [1.82, 2.24) is 0 Å². The molecule has 0 amide bonds. The first-order valence-electron chi connectivity index (χ1n) is 17.4. The van der Waals surface area contributed by atoms with Crippen LogP contribution in [0.25, 0.3) is 0 Å². The predicted octanol–water partition coefficient (Wildman–Crippen LogP) is 16.5. The van der Waals surface area contributed by atoms with Gasteiger partial charge in [-0.25, -0.2) is 0 Å². The van der Waals surface area contributed by atoms with Crippen LogP contribution in [0.3, 0.4) is 0 Å². The quantitative estimate of drug-likeness (QED) is 0.170. The standard InChI is InChI=1S/2C7H14.2C6H12.2C5H10.CH4.6CH3.3Fe/c2*1-6-4-3-5-7(6)2;2*1-6-4-2-3-5-6;2*1-2-4-5-3-1;;;;;;;;;;/h2*6-7H,3-5H2,1-2H3;2*6H,2-5H2,1H3;2*1-5H2;1H4;6*1H3;;;/q;;;;;;;6*-1;3*+2. The Morgan fingerprint density at radius 1 is 0.239 bits per heavy atom. The molecule has 6 fully saturated rings. The van der Waals surface area contributed by atoms with Gasteiger partial charge in [-0.2, -0.15) is 0 Å². The third-order valence-electron chi connectivity index (χ3n) is 10.4. The van der Waals surface area contributed by atoms with Gasteiger partial charge in [-0.05, 0) is 35.5 Å². The molecule has 0 saturated heterocycles. The van der Waals surface area contributed by atoms with E-state index < -0.39 is 0 Å². The van der Waals surface area contributed by atoms with Crippen molar-refractivity contribution in [3.63, 3.8) is 0 Å². The van der Waals surface area contributed by atoms with Gasteiger partial charge < -0.3 is 44.6 Å². The molecule has 6 rings (SSSR count). The Labute approximate surface area is 332 Å². The van der Waals surface area contributed by atoms with Gasteiger partial charge in [-0.3, -0.25) is 0 Å². The Morgan fingerprint density at radius 2 is 0.391 bits per heavy atom. The van der Waals surface area contributed by atoms with E-state index in [4.69, 9.17) is 0 Å². The van der Waals surface area contributed by atoms with Gasteiger partial charge in [-0.15, -0.1) is 0 Å². The molecule has 0 bridgehead atoms. The van der Waals surface area contributed by atoms with E-state index in [1.54, 1.807) is 0 Å². The zero-order chi connectivity index (χ0) is 26.4. The summed E-state index contributed by atoms with van der Waals surface area (Å²) in [5.74, 6) is 6.15. The smallest absolute Gasteiger partial charge is 0.358 e. The van der Waals surface area contributed by atoms with Gasteiger partial charge in [-0.1, -0.05) is 203 Å². The summed E-state index contributed by atoms with van der Waals surface area (Å²) in [5, 5.41) is 0. The topological polar surface area (TPSA) is 0 Å². The largest absolute Gasteiger partial charge is 2.00 e. The molecule has 0 nitrogen and oxygen atoms in total. The van der Waals surface area contributed by atoms with E-state index in [1.165, 1.54) is 154 Å². The molecule has 6 aliphatic carbocycles. The third kappa shape index (κ3) is 43.6. The van der Waals surface area contributed by atoms with Crippen LogP contribution in [-0.4, -0.2) is 0 Å². The summed E-state index contributed by atoms with van der Waals surface area (Å²) < 4.78 is 0. The molecule has 3 heteroatoms. The minimum absolute atomic E-state index is 0. The van der Waals surface area contributed by atoms with E-state index in [9.17, 15) is 0 Å². The molecule has 4 atom stereocenters. The van der Waals surface area contributed by atoms with Crippen LogP contribution in [-0.2, 0) is 51.2 Å². The van der Waals surface area contributed by atoms with Crippen molar-refractivity contribution in [3.8, 4) is 0 Å². The summed E-state index contributed by atoms with van der Waals surface area (Å²) in [5.41, 5.74) is 0. The van der Waals surface area contributed by atoms with Crippen LogP contribution < -0.4 is 0 Å². The molecule has 0 heterocycles. The second-order valence-corrected chi connectivity index (χ2v) is 14.1. The van der Waals surface area contributed by atoms with Crippen molar-refractivity contribution >= 4 is 0 Å². The zero-order valence-electron chi connectivity index (χ0n) is 33.5. The molecule has 0 aromatic rings. The van der Waals surface area contributed by atoms with Crippen molar-refractivity contribution in [2.45, 2.75) is 203 Å². The van der Waals surface area contributed by atoms with Gasteiger partial charge in [0.25, 0.3) is 0 Å². The van der Waals surface area contributed by atoms with Crippen LogP contribution in [0.2, 0.25) is 0 Å². The number of hydrogen-bond acceptors (Lipinski definition) is 0. The van der Waals surface area contributed by atoms with Crippen LogP contribution in [0.5, 0.6) is 0 Å². The normalized spacial score (nSPS) is 24.7. The molecular weight excluding hydrogens is 684 g/mol. The van der Waals surface area contributed by atoms with E-state index in [-0.39, 0.29) is 103 Å². The predicted molar refractivity (Wildman–Crippen MR) is 211 cm³/mol. The van der Waals surface area contributed by atoms with Gasteiger partial charge in [0.05, 0.1) is 0 Å². The van der Waals surface area contributed by atoms with Crippen LogP contribution in [0.1, 0.15) is 203 Å². The first-order valence-corrected chi connectivity index (χ1v) is 17.4. The molecule has 4 unspecified atom stereocenters. The van der Waals surface area contributed by atoms with Gasteiger partial charge in [0.2, 0.25) is 0 Å². The van der Waals surface area contributed by atoms with Crippen LogP contribution in [0, 0.1) is 80.1 Å². The van der Waals surface area contributed by atoms with Crippen molar-refractivity contribution < 1.29 is 51.2 Å². The maximum absolute atomic E-state index is 2.36. The summed E-state index contributed by atoms with van der Waals surface area (Å²) in [6.07, 6.45) is 35.7. The van der Waals surface area contributed by atoms with E-state index in [0.29, 0.717) is 0 Å². The molecule has 0 aromatic heterocycles. The Morgan fingerprint density at radius 3 is 0.457 bits per heavy atom. The van der Waals surface area contributed by atoms with Crippen molar-refractivity contribution in [1.29, 1.82) is 0 Å². The molecule has 290 valence electrons. The van der Waals surface area contributed by atoms with Gasteiger partial charge in [0, 0.05) is 0 Å². The average Bonchev–Trinajstić information content (AvgIpc) is 3.70. The summed E-state index contributed by atoms with van der Waals surface area (Å²) in [4.78, 5) is 0. The number of hydrogen-bond donors (Lipinski definition) is 0. The first-order chi connectivity index (χ1) is 17.4. The third-order valence-corrected chi connectivity index (χ3v) is 10.4. The van der Waals surface area contributed by atoms with Gasteiger partial charge >= 0.3 is 51.2 Å². The summed E-state index contributed by atoms with van der Waals surface area (Å²) >= 11 is 0. The molecule has 0 aromatic carbocycles. The Kier molecular flexibility index (Phi) is 80.9. The van der Waals surface area contributed by atoms with E-state index in [1.807, 2.05) is 0 Å². The fourth-order valence-electron chi connectivity index (χ4n) is 6.69. The van der Waals surface area contributed by atoms with Crippen molar-refractivity contribution in [2.24, 2.45) is 35.5 Å². The molecule has 6 saturated carbocycles. The van der Waals surface area contributed by atoms with E-state index in [0.717, 1.165) is 35.5 Å². The average molecular weight is 779 g/mol. The summed E-state index contributed by atoms with van der Waals surface area (Å²) in [7, 11) is 0. The number of rotatable bonds is 0. The Hall–Kier alpha value is 1.56. The van der Waals surface area contributed by atoms with Crippen LogP contribution in [0.15, 0.2) is 0 Å². The van der Waals surface area contributed by atoms with Crippen LogP contribution >= 0.6 is 0 Å². The zero-order valence-corrected chi connectivity index (χ0v) is 36.8. The Bertz CT molecular complexity index is 376. The van der Waals surface area contributed by atoms with Crippen molar-refractivity contribution in [2.75, 3.05) is 0 Å². The van der Waals surface area contributed by atoms with Gasteiger partial charge in [0.1, 0.15) is 0 Å². The minimum Gasteiger partial charge on any atom is -0.358 e. The molecule has 0 spiro atoms. The van der Waals surface area contributed by atoms with Crippen LogP contribution in [0.4, 0.5) is 0 Å². The molecule has 6 aliphatic rings. The molecule has 0 aliphatic heterocycles. The first kappa shape index (κ1) is 73.1. The fourth-order valence-corrected chi connectivity index (χ4v) is 6.69. The second-order valence-electron chi connectivity index (χ2n) is 14.1. The molecule has 0 radical (unpaired) electrons. The maximum Gasteiger partial charge on any atom is 2.00 e. The van der Waals surface area contributed by atoms with Gasteiger partial charge in [0.15, 0.2) is 0 Å². The summed E-state index contributed by atoms with van der Waals surface area (Å²) in [6.45, 7) is 14.1. The van der Waals surface area contributed by atoms with E-state index >= 15 is 0 Å². The monoisotopic (exact) mass is 779 g/mol. The maximum atomic E-state index is 2.36. The van der Waals surface area contributed by atoms with Crippen molar-refractivity contribution in [3.05, 3.63) is 44.6 Å². The SMILES string of the molecule is C.C1CCCC1.C1CCCC1.CC1CCCC1.CC1CCCC1.CC1CCCC1C.CC1CCCC1C.[CH3-].[CH3-].[CH3-].[CH3-].[CH3-].[CH3-].[Fe+2].[Fe+2].[Fe+2]. The minimum atomic E-state index is 0. The molecule has 46 heavy (non-hydrogen) atoms. The second kappa shape index (κ2) is 50.9. The van der Waals surface area contributed by atoms with E-state index in [2.05, 4.69) is 41.5 Å². The fraction of sp³-hybridized carbons (Fsp3) is 0.860. The summed E-state index contributed by atoms with van der Waals surface area (Å²) in [6, 6.07) is 0. The Balaban J connectivity index is -0.0000000406. The molecular formula is C43H94Fe3.